The molecule has 1 aliphatic rings. The van der Waals surface area contributed by atoms with Gasteiger partial charge in [0, 0.05) is 64.3 Å². The molecule has 32 heavy (non-hydrogen) atoms. The molecule has 7 heteroatoms. The third-order valence-corrected chi connectivity index (χ3v) is 5.49. The van der Waals surface area contributed by atoms with Crippen LogP contribution < -0.4 is 9.64 Å². The number of morpholine rings is 1. The maximum atomic E-state index is 6.03. The zero-order valence-corrected chi connectivity index (χ0v) is 19.1. The van der Waals surface area contributed by atoms with Gasteiger partial charge in [-0.1, -0.05) is 24.3 Å². The number of ether oxygens (including phenoxy) is 2. The first-order chi connectivity index (χ1) is 15.6. The van der Waals surface area contributed by atoms with Crippen LogP contribution in [0, 0.1) is 0 Å². The lowest BCUT2D eigenvalue weighted by molar-refractivity contribution is -0.0350. The van der Waals surface area contributed by atoms with Crippen molar-refractivity contribution in [3.05, 3.63) is 77.4 Å². The van der Waals surface area contributed by atoms with E-state index in [4.69, 9.17) is 14.5 Å². The van der Waals surface area contributed by atoms with Crippen LogP contribution in [0.25, 0.3) is 0 Å². The molecule has 0 bridgehead atoms. The minimum atomic E-state index is -0.0320. The lowest BCUT2D eigenvalue weighted by atomic mass is 10.0. The first-order valence-electron chi connectivity index (χ1n) is 11.1. The van der Waals surface area contributed by atoms with Crippen molar-refractivity contribution in [3.8, 4) is 5.75 Å². The third-order valence-electron chi connectivity index (χ3n) is 5.49. The Hall–Kier alpha value is -3.03. The van der Waals surface area contributed by atoms with E-state index >= 15 is 0 Å². The first kappa shape index (κ1) is 22.2. The molecule has 3 heterocycles. The molecule has 3 aromatic rings. The van der Waals surface area contributed by atoms with Gasteiger partial charge < -0.3 is 14.4 Å². The van der Waals surface area contributed by atoms with Gasteiger partial charge in [0.25, 0.3) is 0 Å². The quantitative estimate of drug-likeness (QED) is 0.539. The summed E-state index contributed by atoms with van der Waals surface area (Å²) >= 11 is 0. The zero-order chi connectivity index (χ0) is 22.3. The standard InChI is InChI=1S/C25H31N5O2/c1-4-31-23-8-6-5-7-21(23)13-19-9-10-22(26-14-19)24-18-30(11-12-32-24)17-20-15-27-25(28-16-20)29(2)3/h5-10,14-16,24H,4,11-13,17-18H2,1-3H3. The van der Waals surface area contributed by atoms with Crippen molar-refractivity contribution in [2.24, 2.45) is 0 Å². The molecule has 168 valence electrons. The highest BCUT2D eigenvalue weighted by Crippen LogP contribution is 2.24. The van der Waals surface area contributed by atoms with Crippen LogP contribution in [-0.2, 0) is 17.7 Å². The fraction of sp³-hybridized carbons (Fsp3) is 0.400. The molecule has 0 aliphatic carbocycles. The predicted octanol–water partition coefficient (Wildman–Crippen LogP) is 3.50. The van der Waals surface area contributed by atoms with Crippen molar-refractivity contribution >= 4 is 5.95 Å². The van der Waals surface area contributed by atoms with Gasteiger partial charge in [-0.15, -0.1) is 0 Å². The SMILES string of the molecule is CCOc1ccccc1Cc1ccc(C2CN(Cc3cnc(N(C)C)nc3)CCO2)nc1. The summed E-state index contributed by atoms with van der Waals surface area (Å²) in [5.41, 5.74) is 4.40. The highest BCUT2D eigenvalue weighted by molar-refractivity contribution is 5.37. The molecule has 2 aromatic heterocycles. The van der Waals surface area contributed by atoms with Gasteiger partial charge in [0.2, 0.25) is 5.95 Å². The molecule has 1 fully saturated rings. The van der Waals surface area contributed by atoms with Crippen molar-refractivity contribution in [1.82, 2.24) is 19.9 Å². The number of anilines is 1. The lowest BCUT2D eigenvalue weighted by Gasteiger charge is -2.32. The molecular formula is C25H31N5O2. The summed E-state index contributed by atoms with van der Waals surface area (Å²) in [5.74, 6) is 1.66. The van der Waals surface area contributed by atoms with Gasteiger partial charge in [-0.05, 0) is 30.2 Å². The number of rotatable bonds is 8. The minimum absolute atomic E-state index is 0.0320. The van der Waals surface area contributed by atoms with Crippen LogP contribution >= 0.6 is 0 Å². The molecule has 1 aliphatic heterocycles. The average Bonchev–Trinajstić information content (AvgIpc) is 2.82. The van der Waals surface area contributed by atoms with Crippen LogP contribution in [0.1, 0.15) is 35.4 Å². The lowest BCUT2D eigenvalue weighted by Crippen LogP contribution is -2.38. The fourth-order valence-electron chi connectivity index (χ4n) is 3.84. The third kappa shape index (κ3) is 5.60. The van der Waals surface area contributed by atoms with Crippen molar-refractivity contribution in [3.63, 3.8) is 0 Å². The van der Waals surface area contributed by atoms with E-state index in [1.54, 1.807) is 0 Å². The molecule has 1 saturated heterocycles. The second-order valence-corrected chi connectivity index (χ2v) is 8.19. The van der Waals surface area contributed by atoms with Gasteiger partial charge in [-0.2, -0.15) is 0 Å². The van der Waals surface area contributed by atoms with Crippen LogP contribution in [0.15, 0.2) is 55.0 Å². The summed E-state index contributed by atoms with van der Waals surface area (Å²) in [5, 5.41) is 0. The second kappa shape index (κ2) is 10.5. The molecule has 0 spiro atoms. The first-order valence-corrected chi connectivity index (χ1v) is 11.1. The Morgan fingerprint density at radius 3 is 2.53 bits per heavy atom. The van der Waals surface area contributed by atoms with Crippen LogP contribution in [0.2, 0.25) is 0 Å². The summed E-state index contributed by atoms with van der Waals surface area (Å²) < 4.78 is 11.8. The Morgan fingerprint density at radius 1 is 1.03 bits per heavy atom. The van der Waals surface area contributed by atoms with Gasteiger partial charge in [-0.3, -0.25) is 9.88 Å². The van der Waals surface area contributed by atoms with Crippen LogP contribution in [0.4, 0.5) is 5.95 Å². The number of para-hydroxylation sites is 1. The summed E-state index contributed by atoms with van der Waals surface area (Å²) in [7, 11) is 3.88. The number of aromatic nitrogens is 3. The number of nitrogens with zero attached hydrogens (tertiary/aromatic N) is 5. The van der Waals surface area contributed by atoms with E-state index in [9.17, 15) is 0 Å². The molecule has 0 radical (unpaired) electrons. The van der Waals surface area contributed by atoms with E-state index in [2.05, 4.69) is 33.1 Å². The highest BCUT2D eigenvalue weighted by Gasteiger charge is 2.23. The van der Waals surface area contributed by atoms with E-state index in [1.165, 1.54) is 5.56 Å². The maximum Gasteiger partial charge on any atom is 0.224 e. The van der Waals surface area contributed by atoms with Gasteiger partial charge >= 0.3 is 0 Å². The Labute approximate surface area is 190 Å². The smallest absolute Gasteiger partial charge is 0.224 e. The van der Waals surface area contributed by atoms with Crippen molar-refractivity contribution < 1.29 is 9.47 Å². The molecule has 4 rings (SSSR count). The topological polar surface area (TPSA) is 63.6 Å². The second-order valence-electron chi connectivity index (χ2n) is 8.19. The number of hydrogen-bond donors (Lipinski definition) is 0. The minimum Gasteiger partial charge on any atom is -0.494 e. The highest BCUT2D eigenvalue weighted by atomic mass is 16.5. The molecule has 0 N–H and O–H groups in total. The monoisotopic (exact) mass is 433 g/mol. The summed E-state index contributed by atoms with van der Waals surface area (Å²) in [4.78, 5) is 17.8. The van der Waals surface area contributed by atoms with Crippen LogP contribution in [-0.4, -0.2) is 60.3 Å². The average molecular weight is 434 g/mol. The summed E-state index contributed by atoms with van der Waals surface area (Å²) in [6.45, 7) is 5.85. The predicted molar refractivity (Wildman–Crippen MR) is 125 cm³/mol. The Kier molecular flexibility index (Phi) is 7.29. The summed E-state index contributed by atoms with van der Waals surface area (Å²) in [6, 6.07) is 12.4. The van der Waals surface area contributed by atoms with Gasteiger partial charge in [0.05, 0.1) is 18.9 Å². The maximum absolute atomic E-state index is 6.03. The van der Waals surface area contributed by atoms with E-state index < -0.39 is 0 Å². The number of benzene rings is 1. The molecule has 7 nitrogen and oxygen atoms in total. The van der Waals surface area contributed by atoms with Gasteiger partial charge in [0.15, 0.2) is 0 Å². The normalized spacial score (nSPS) is 16.7. The van der Waals surface area contributed by atoms with Crippen LogP contribution in [0.5, 0.6) is 5.75 Å². The van der Waals surface area contributed by atoms with E-state index in [-0.39, 0.29) is 6.10 Å². The fourth-order valence-corrected chi connectivity index (χ4v) is 3.84. The van der Waals surface area contributed by atoms with E-state index in [0.717, 1.165) is 54.6 Å². The molecule has 1 atom stereocenters. The zero-order valence-electron chi connectivity index (χ0n) is 19.1. The van der Waals surface area contributed by atoms with Crippen molar-refractivity contribution in [2.75, 3.05) is 45.3 Å². The van der Waals surface area contributed by atoms with Crippen LogP contribution in [0.3, 0.4) is 0 Å². The van der Waals surface area contributed by atoms with Crippen molar-refractivity contribution in [1.29, 1.82) is 0 Å². The summed E-state index contributed by atoms with van der Waals surface area (Å²) in [6.07, 6.45) is 6.52. The number of pyridine rings is 1. The van der Waals surface area contributed by atoms with Crippen molar-refractivity contribution in [2.45, 2.75) is 26.0 Å². The number of hydrogen-bond acceptors (Lipinski definition) is 7. The largest absolute Gasteiger partial charge is 0.494 e. The molecule has 1 aromatic carbocycles. The Balaban J connectivity index is 1.37. The van der Waals surface area contributed by atoms with E-state index in [0.29, 0.717) is 13.2 Å². The Morgan fingerprint density at radius 2 is 1.81 bits per heavy atom. The molecular weight excluding hydrogens is 402 g/mol. The Bertz CT molecular complexity index is 992. The van der Waals surface area contributed by atoms with E-state index in [1.807, 2.05) is 62.7 Å². The molecule has 0 saturated carbocycles. The molecule has 0 amide bonds. The van der Waals surface area contributed by atoms with Gasteiger partial charge in [0.1, 0.15) is 11.9 Å². The van der Waals surface area contributed by atoms with Gasteiger partial charge in [-0.25, -0.2) is 9.97 Å². The molecule has 1 unspecified atom stereocenters.